The maximum Gasteiger partial charge on any atom is 0.226 e. The van der Waals surface area contributed by atoms with Crippen molar-refractivity contribution < 1.29 is 9.47 Å². The van der Waals surface area contributed by atoms with Crippen LogP contribution >= 0.6 is 27.5 Å². The van der Waals surface area contributed by atoms with Crippen molar-refractivity contribution in [2.45, 2.75) is 63.3 Å². The van der Waals surface area contributed by atoms with Crippen molar-refractivity contribution in [2.75, 3.05) is 38.2 Å². The first-order valence-electron chi connectivity index (χ1n) is 11.0. The minimum atomic E-state index is -0.102. The number of aromatic nitrogens is 4. The lowest BCUT2D eigenvalue weighted by molar-refractivity contribution is -0.0371. The van der Waals surface area contributed by atoms with Crippen molar-refractivity contribution in [1.82, 2.24) is 24.6 Å². The Balaban J connectivity index is 1.33. The van der Waals surface area contributed by atoms with Crippen LogP contribution in [0, 0.1) is 0 Å². The largest absolute Gasteiger partial charge is 0.379 e. The van der Waals surface area contributed by atoms with Crippen LogP contribution in [-0.4, -0.2) is 69.6 Å². The number of morpholine rings is 1. The number of halogens is 2. The van der Waals surface area contributed by atoms with Crippen molar-refractivity contribution in [3.05, 3.63) is 9.89 Å². The average Bonchev–Trinajstić information content (AvgIpc) is 3.12. The van der Waals surface area contributed by atoms with Gasteiger partial charge in [0.15, 0.2) is 11.9 Å². The van der Waals surface area contributed by atoms with Crippen molar-refractivity contribution in [2.24, 2.45) is 0 Å². The van der Waals surface area contributed by atoms with Gasteiger partial charge in [-0.05, 0) is 72.5 Å². The molecule has 1 atom stereocenters. The van der Waals surface area contributed by atoms with Gasteiger partial charge < -0.3 is 14.8 Å². The Labute approximate surface area is 189 Å². The molecule has 2 aromatic rings. The van der Waals surface area contributed by atoms with Crippen LogP contribution < -0.4 is 5.32 Å². The molecular formula is C20H28BrClN6O2. The second kappa shape index (κ2) is 9.24. The predicted octanol–water partition coefficient (Wildman–Crippen LogP) is 4.00. The van der Waals surface area contributed by atoms with Gasteiger partial charge >= 0.3 is 0 Å². The summed E-state index contributed by atoms with van der Waals surface area (Å²) in [6, 6.07) is 1.04. The van der Waals surface area contributed by atoms with E-state index in [1.165, 1.54) is 12.8 Å². The van der Waals surface area contributed by atoms with Gasteiger partial charge in [-0.15, -0.1) is 0 Å². The second-order valence-corrected chi connectivity index (χ2v) is 9.48. The zero-order valence-electron chi connectivity index (χ0n) is 17.0. The molecule has 0 bridgehead atoms. The van der Waals surface area contributed by atoms with Crippen molar-refractivity contribution in [1.29, 1.82) is 0 Å². The lowest BCUT2D eigenvalue weighted by Gasteiger charge is -2.39. The van der Waals surface area contributed by atoms with Crippen LogP contribution in [0.1, 0.15) is 51.2 Å². The molecule has 164 valence electrons. The lowest BCUT2D eigenvalue weighted by atomic mass is 9.90. The molecule has 1 unspecified atom stereocenters. The molecule has 8 nitrogen and oxygen atoms in total. The maximum atomic E-state index is 6.31. The third-order valence-electron chi connectivity index (χ3n) is 6.51. The molecule has 2 saturated heterocycles. The van der Waals surface area contributed by atoms with Crippen molar-refractivity contribution >= 4 is 44.4 Å². The SMILES string of the molecule is Clc1nc(NC2CCC(N3CCOCC3)CC2)c2c(Br)nn(C3CCCCO3)c2n1. The minimum Gasteiger partial charge on any atom is -0.379 e. The van der Waals surface area contributed by atoms with E-state index in [-0.39, 0.29) is 11.5 Å². The first kappa shape index (κ1) is 20.9. The van der Waals surface area contributed by atoms with E-state index in [4.69, 9.17) is 21.1 Å². The monoisotopic (exact) mass is 498 g/mol. The number of nitrogens with zero attached hydrogens (tertiary/aromatic N) is 5. The van der Waals surface area contributed by atoms with E-state index >= 15 is 0 Å². The number of hydrogen-bond acceptors (Lipinski definition) is 7. The fraction of sp³-hybridized carbons (Fsp3) is 0.750. The van der Waals surface area contributed by atoms with Gasteiger partial charge in [0.2, 0.25) is 5.28 Å². The minimum absolute atomic E-state index is 0.102. The van der Waals surface area contributed by atoms with Crippen LogP contribution in [0.4, 0.5) is 5.82 Å². The molecule has 30 heavy (non-hydrogen) atoms. The van der Waals surface area contributed by atoms with E-state index < -0.39 is 0 Å². The fourth-order valence-electron chi connectivity index (χ4n) is 4.91. The van der Waals surface area contributed by atoms with E-state index in [1.54, 1.807) is 0 Å². The molecule has 0 radical (unpaired) electrons. The summed E-state index contributed by atoms with van der Waals surface area (Å²) in [6.07, 6.45) is 7.65. The Hall–Kier alpha value is -1.00. The summed E-state index contributed by atoms with van der Waals surface area (Å²) < 4.78 is 14.0. The second-order valence-electron chi connectivity index (χ2n) is 8.39. The maximum absolute atomic E-state index is 6.31. The molecule has 4 heterocycles. The summed E-state index contributed by atoms with van der Waals surface area (Å²) in [5.74, 6) is 0.758. The normalized spacial score (nSPS) is 28.7. The number of fused-ring (bicyclic) bond motifs is 1. The topological polar surface area (TPSA) is 77.3 Å². The number of ether oxygens (including phenoxy) is 2. The Morgan fingerprint density at radius 2 is 1.80 bits per heavy atom. The smallest absolute Gasteiger partial charge is 0.226 e. The quantitative estimate of drug-likeness (QED) is 0.637. The van der Waals surface area contributed by atoms with E-state index in [9.17, 15) is 0 Å². The molecule has 2 aromatic heterocycles. The highest BCUT2D eigenvalue weighted by molar-refractivity contribution is 9.10. The first-order chi connectivity index (χ1) is 14.7. The zero-order chi connectivity index (χ0) is 20.5. The predicted molar refractivity (Wildman–Crippen MR) is 119 cm³/mol. The highest BCUT2D eigenvalue weighted by Crippen LogP contribution is 2.35. The molecule has 10 heteroatoms. The number of anilines is 1. The summed E-state index contributed by atoms with van der Waals surface area (Å²) in [5, 5.41) is 9.42. The highest BCUT2D eigenvalue weighted by atomic mass is 79.9. The third kappa shape index (κ3) is 4.32. The lowest BCUT2D eigenvalue weighted by Crippen LogP contribution is -2.46. The summed E-state index contributed by atoms with van der Waals surface area (Å²) in [4.78, 5) is 11.6. The number of hydrogen-bond donors (Lipinski definition) is 1. The van der Waals surface area contributed by atoms with Crippen LogP contribution in [0.2, 0.25) is 5.28 Å². The molecule has 0 aromatic carbocycles. The van der Waals surface area contributed by atoms with E-state index in [0.717, 1.165) is 86.5 Å². The number of rotatable bonds is 4. The Morgan fingerprint density at radius 3 is 2.53 bits per heavy atom. The van der Waals surface area contributed by atoms with Gasteiger partial charge in [0.1, 0.15) is 10.4 Å². The van der Waals surface area contributed by atoms with E-state index in [0.29, 0.717) is 12.1 Å². The van der Waals surface area contributed by atoms with Gasteiger partial charge in [0.25, 0.3) is 0 Å². The highest BCUT2D eigenvalue weighted by Gasteiger charge is 2.29. The fourth-order valence-corrected chi connectivity index (χ4v) is 5.61. The van der Waals surface area contributed by atoms with Gasteiger partial charge in [-0.3, -0.25) is 4.90 Å². The molecule has 0 amide bonds. The van der Waals surface area contributed by atoms with Gasteiger partial charge in [0, 0.05) is 31.8 Å². The molecule has 1 aliphatic carbocycles. The van der Waals surface area contributed by atoms with Gasteiger partial charge in [-0.1, -0.05) is 0 Å². The van der Waals surface area contributed by atoms with Crippen molar-refractivity contribution in [3.63, 3.8) is 0 Å². The Bertz CT molecular complexity index is 876. The van der Waals surface area contributed by atoms with E-state index in [2.05, 4.69) is 41.2 Å². The number of nitrogens with one attached hydrogen (secondary N) is 1. The molecular weight excluding hydrogens is 472 g/mol. The Kier molecular flexibility index (Phi) is 6.43. The first-order valence-corrected chi connectivity index (χ1v) is 12.2. The summed E-state index contributed by atoms with van der Waals surface area (Å²) in [5.41, 5.74) is 0.721. The summed E-state index contributed by atoms with van der Waals surface area (Å²) in [6.45, 7) is 4.58. The molecule has 3 aliphatic rings. The van der Waals surface area contributed by atoms with Crippen LogP contribution in [0.3, 0.4) is 0 Å². The third-order valence-corrected chi connectivity index (χ3v) is 7.23. The molecule has 3 fully saturated rings. The molecule has 1 saturated carbocycles. The standard InChI is InChI=1S/C20H28BrClN6O2/c21-17-16-18(23-13-4-6-14(7-5-13)27-8-11-29-12-9-27)24-20(22)25-19(16)28(26-17)15-3-1-2-10-30-15/h13-15H,1-12H2,(H,23,24,25). The van der Waals surface area contributed by atoms with Crippen LogP contribution in [0.5, 0.6) is 0 Å². The average molecular weight is 500 g/mol. The Morgan fingerprint density at radius 1 is 1.00 bits per heavy atom. The molecule has 2 aliphatic heterocycles. The van der Waals surface area contributed by atoms with Crippen LogP contribution in [0.15, 0.2) is 4.60 Å². The summed E-state index contributed by atoms with van der Waals surface area (Å²) in [7, 11) is 0. The molecule has 1 N–H and O–H groups in total. The summed E-state index contributed by atoms with van der Waals surface area (Å²) >= 11 is 9.93. The van der Waals surface area contributed by atoms with Gasteiger partial charge in [-0.25, -0.2) is 4.68 Å². The van der Waals surface area contributed by atoms with Gasteiger partial charge in [0.05, 0.1) is 18.6 Å². The van der Waals surface area contributed by atoms with Crippen LogP contribution in [0.25, 0.3) is 11.0 Å². The van der Waals surface area contributed by atoms with E-state index in [1.807, 2.05) is 4.68 Å². The van der Waals surface area contributed by atoms with Crippen LogP contribution in [-0.2, 0) is 9.47 Å². The molecule has 5 rings (SSSR count). The van der Waals surface area contributed by atoms with Crippen molar-refractivity contribution in [3.8, 4) is 0 Å². The zero-order valence-corrected chi connectivity index (χ0v) is 19.4. The molecule has 0 spiro atoms. The van der Waals surface area contributed by atoms with Gasteiger partial charge in [-0.2, -0.15) is 15.1 Å².